The normalized spacial score (nSPS) is 17.6. The lowest BCUT2D eigenvalue weighted by Crippen LogP contribution is -2.40. The van der Waals surface area contributed by atoms with Gasteiger partial charge in [-0.3, -0.25) is 9.78 Å². The molecule has 1 aliphatic rings. The molecule has 4 rings (SSSR count). The summed E-state index contributed by atoms with van der Waals surface area (Å²) in [6, 6.07) is 10.4. The summed E-state index contributed by atoms with van der Waals surface area (Å²) in [5.74, 6) is 0.498. The number of aromatic nitrogens is 3. The lowest BCUT2D eigenvalue weighted by Gasteiger charge is -2.33. The lowest BCUT2D eigenvalue weighted by molar-refractivity contribution is 0.0672. The molecule has 126 valence electrons. The molecule has 0 spiro atoms. The van der Waals surface area contributed by atoms with Gasteiger partial charge in [0.25, 0.3) is 5.91 Å². The maximum absolute atomic E-state index is 12.6. The molecule has 1 atom stereocenters. The Morgan fingerprint density at radius 2 is 2.04 bits per heavy atom. The maximum atomic E-state index is 12.6. The molecule has 1 aliphatic heterocycles. The van der Waals surface area contributed by atoms with Crippen LogP contribution in [0.3, 0.4) is 0 Å². The number of piperidine rings is 1. The van der Waals surface area contributed by atoms with E-state index in [0.29, 0.717) is 11.5 Å². The van der Waals surface area contributed by atoms with Crippen molar-refractivity contribution in [3.63, 3.8) is 0 Å². The number of rotatable bonds is 3. The zero-order chi connectivity index (χ0) is 17.1. The second-order valence-electron chi connectivity index (χ2n) is 6.58. The number of nitrogens with zero attached hydrogens (tertiary/aromatic N) is 4. The van der Waals surface area contributed by atoms with Crippen LogP contribution in [0.5, 0.6) is 0 Å². The van der Waals surface area contributed by atoms with E-state index in [1.54, 1.807) is 12.4 Å². The van der Waals surface area contributed by atoms with Crippen LogP contribution in [0, 0.1) is 5.92 Å². The Labute approximate surface area is 146 Å². The van der Waals surface area contributed by atoms with Crippen LogP contribution in [0.25, 0.3) is 10.9 Å². The Balaban J connectivity index is 1.51. The molecule has 3 aromatic rings. The first-order valence-corrected chi connectivity index (χ1v) is 8.68. The fraction of sp³-hybridized carbons (Fsp3) is 0.300. The van der Waals surface area contributed by atoms with Gasteiger partial charge in [0.1, 0.15) is 6.33 Å². The SMILES string of the molecule is O=C(c1cncnc1)N1CCC[C@H](Cc2cccc3ncccc23)C1. The summed E-state index contributed by atoms with van der Waals surface area (Å²) in [5, 5.41) is 1.21. The number of fused-ring (bicyclic) bond motifs is 1. The topological polar surface area (TPSA) is 59.0 Å². The Morgan fingerprint density at radius 1 is 1.16 bits per heavy atom. The molecule has 1 amide bonds. The third kappa shape index (κ3) is 3.36. The van der Waals surface area contributed by atoms with E-state index in [4.69, 9.17) is 0 Å². The number of hydrogen-bond acceptors (Lipinski definition) is 4. The second kappa shape index (κ2) is 6.97. The highest BCUT2D eigenvalue weighted by Crippen LogP contribution is 2.25. The molecule has 0 saturated carbocycles. The van der Waals surface area contributed by atoms with Crippen LogP contribution < -0.4 is 0 Å². The largest absolute Gasteiger partial charge is 0.338 e. The summed E-state index contributed by atoms with van der Waals surface area (Å²) in [7, 11) is 0. The zero-order valence-corrected chi connectivity index (χ0v) is 14.0. The number of amides is 1. The van der Waals surface area contributed by atoms with Crippen LogP contribution in [0.1, 0.15) is 28.8 Å². The molecule has 0 unspecified atom stereocenters. The van der Waals surface area contributed by atoms with E-state index in [0.717, 1.165) is 37.9 Å². The van der Waals surface area contributed by atoms with Crippen molar-refractivity contribution in [1.29, 1.82) is 0 Å². The Kier molecular flexibility index (Phi) is 4.37. The van der Waals surface area contributed by atoms with Gasteiger partial charge in [0, 0.05) is 37.1 Å². The van der Waals surface area contributed by atoms with Gasteiger partial charge < -0.3 is 4.90 Å². The first kappa shape index (κ1) is 15.7. The molecule has 0 radical (unpaired) electrons. The van der Waals surface area contributed by atoms with Crippen molar-refractivity contribution in [3.8, 4) is 0 Å². The van der Waals surface area contributed by atoms with Crippen molar-refractivity contribution in [1.82, 2.24) is 19.9 Å². The number of likely N-dealkylation sites (tertiary alicyclic amines) is 1. The van der Waals surface area contributed by atoms with Crippen molar-refractivity contribution in [2.45, 2.75) is 19.3 Å². The number of carbonyl (C=O) groups excluding carboxylic acids is 1. The first-order valence-electron chi connectivity index (χ1n) is 8.68. The van der Waals surface area contributed by atoms with Crippen LogP contribution >= 0.6 is 0 Å². The Hall–Kier alpha value is -2.82. The van der Waals surface area contributed by atoms with Crippen LogP contribution in [0.2, 0.25) is 0 Å². The summed E-state index contributed by atoms with van der Waals surface area (Å²) >= 11 is 0. The monoisotopic (exact) mass is 332 g/mol. The fourth-order valence-electron chi connectivity index (χ4n) is 3.66. The molecule has 1 saturated heterocycles. The van der Waals surface area contributed by atoms with Crippen molar-refractivity contribution in [2.24, 2.45) is 5.92 Å². The van der Waals surface area contributed by atoms with E-state index < -0.39 is 0 Å². The highest BCUT2D eigenvalue weighted by Gasteiger charge is 2.25. The van der Waals surface area contributed by atoms with Gasteiger partial charge in [-0.25, -0.2) is 9.97 Å². The van der Waals surface area contributed by atoms with Gasteiger partial charge in [-0.2, -0.15) is 0 Å². The maximum Gasteiger partial charge on any atom is 0.256 e. The fourth-order valence-corrected chi connectivity index (χ4v) is 3.66. The third-order valence-electron chi connectivity index (χ3n) is 4.86. The average molecular weight is 332 g/mol. The molecule has 5 nitrogen and oxygen atoms in total. The molecule has 5 heteroatoms. The van der Waals surface area contributed by atoms with E-state index in [2.05, 4.69) is 33.2 Å². The molecule has 0 aliphatic carbocycles. The number of carbonyl (C=O) groups is 1. The quantitative estimate of drug-likeness (QED) is 0.739. The molecule has 25 heavy (non-hydrogen) atoms. The first-order chi connectivity index (χ1) is 12.3. The van der Waals surface area contributed by atoms with Gasteiger partial charge in [-0.1, -0.05) is 18.2 Å². The summed E-state index contributed by atoms with van der Waals surface area (Å²) in [6.45, 7) is 1.59. The Bertz CT molecular complexity index is 876. The van der Waals surface area contributed by atoms with E-state index >= 15 is 0 Å². The molecular weight excluding hydrogens is 312 g/mol. The summed E-state index contributed by atoms with van der Waals surface area (Å²) in [6.07, 6.45) is 9.61. The van der Waals surface area contributed by atoms with E-state index in [1.165, 1.54) is 17.3 Å². The summed E-state index contributed by atoms with van der Waals surface area (Å²) in [4.78, 5) is 26.9. The number of benzene rings is 1. The smallest absolute Gasteiger partial charge is 0.256 e. The summed E-state index contributed by atoms with van der Waals surface area (Å²) < 4.78 is 0. The standard InChI is InChI=1S/C20H20N4O/c25-20(17-11-21-14-22-12-17)24-9-3-4-15(13-24)10-16-5-1-7-19-18(16)6-2-8-23-19/h1-2,5-8,11-12,14-15H,3-4,9-10,13H2/t15-/m1/s1. The van der Waals surface area contributed by atoms with Crippen LogP contribution in [-0.4, -0.2) is 38.8 Å². The predicted octanol–water partition coefficient (Wildman–Crippen LogP) is 3.12. The van der Waals surface area contributed by atoms with Gasteiger partial charge in [-0.05, 0) is 42.9 Å². The van der Waals surface area contributed by atoms with Crippen molar-refractivity contribution >= 4 is 16.8 Å². The van der Waals surface area contributed by atoms with Gasteiger partial charge in [-0.15, -0.1) is 0 Å². The minimum Gasteiger partial charge on any atom is -0.338 e. The van der Waals surface area contributed by atoms with Gasteiger partial charge in [0.05, 0.1) is 11.1 Å². The zero-order valence-electron chi connectivity index (χ0n) is 14.0. The Morgan fingerprint density at radius 3 is 2.92 bits per heavy atom. The van der Waals surface area contributed by atoms with E-state index in [-0.39, 0.29) is 5.91 Å². The molecular formula is C20H20N4O. The minimum absolute atomic E-state index is 0.0323. The van der Waals surface area contributed by atoms with E-state index in [9.17, 15) is 4.79 Å². The third-order valence-corrected chi connectivity index (χ3v) is 4.86. The van der Waals surface area contributed by atoms with E-state index in [1.807, 2.05) is 23.2 Å². The molecule has 1 aromatic carbocycles. The minimum atomic E-state index is 0.0323. The predicted molar refractivity (Wildman–Crippen MR) is 96.1 cm³/mol. The van der Waals surface area contributed by atoms with Crippen molar-refractivity contribution in [3.05, 3.63) is 66.4 Å². The van der Waals surface area contributed by atoms with Crippen molar-refractivity contribution < 1.29 is 4.79 Å². The highest BCUT2D eigenvalue weighted by molar-refractivity contribution is 5.93. The molecule has 2 aromatic heterocycles. The highest BCUT2D eigenvalue weighted by atomic mass is 16.2. The van der Waals surface area contributed by atoms with Gasteiger partial charge >= 0.3 is 0 Å². The molecule has 0 bridgehead atoms. The average Bonchev–Trinajstić information content (AvgIpc) is 2.69. The lowest BCUT2D eigenvalue weighted by atomic mass is 9.89. The van der Waals surface area contributed by atoms with Crippen LogP contribution in [0.15, 0.2) is 55.2 Å². The van der Waals surface area contributed by atoms with Gasteiger partial charge in [0.2, 0.25) is 0 Å². The molecule has 3 heterocycles. The number of pyridine rings is 1. The molecule has 0 N–H and O–H groups in total. The van der Waals surface area contributed by atoms with Crippen LogP contribution in [0.4, 0.5) is 0 Å². The molecule has 1 fully saturated rings. The van der Waals surface area contributed by atoms with Crippen LogP contribution in [-0.2, 0) is 6.42 Å². The van der Waals surface area contributed by atoms with Crippen molar-refractivity contribution in [2.75, 3.05) is 13.1 Å². The van der Waals surface area contributed by atoms with Gasteiger partial charge in [0.15, 0.2) is 0 Å². The second-order valence-corrected chi connectivity index (χ2v) is 6.58. The number of hydrogen-bond donors (Lipinski definition) is 0. The summed E-state index contributed by atoms with van der Waals surface area (Å²) in [5.41, 5.74) is 2.91.